The van der Waals surface area contributed by atoms with Gasteiger partial charge in [0.05, 0.1) is 0 Å². The summed E-state index contributed by atoms with van der Waals surface area (Å²) in [7, 11) is 0. The maximum atomic E-state index is 11.8. The highest BCUT2D eigenvalue weighted by molar-refractivity contribution is 9.12. The molecular weight excluding hydrogens is 256 g/mol. The van der Waals surface area contributed by atoms with Crippen molar-refractivity contribution in [3.63, 3.8) is 0 Å². The summed E-state index contributed by atoms with van der Waals surface area (Å²) in [5, 5.41) is 0. The number of carbonyl (C=O) groups is 1. The number of carbonyl (C=O) groups excluding carboxylic acids is 1. The largest absolute Gasteiger partial charge is 0.478 e. The van der Waals surface area contributed by atoms with E-state index in [0.29, 0.717) is 10.2 Å². The van der Waals surface area contributed by atoms with E-state index in [9.17, 15) is 4.79 Å². The SMILES string of the molecule is CC1(C)OC(c2ccccc2)=C(Br)C1=O. The van der Waals surface area contributed by atoms with Crippen LogP contribution in [-0.4, -0.2) is 11.4 Å². The van der Waals surface area contributed by atoms with Crippen LogP contribution in [0.15, 0.2) is 34.8 Å². The summed E-state index contributed by atoms with van der Waals surface area (Å²) in [4.78, 5) is 11.8. The Balaban J connectivity index is 2.45. The van der Waals surface area contributed by atoms with Gasteiger partial charge in [0.15, 0.2) is 5.60 Å². The van der Waals surface area contributed by atoms with Crippen molar-refractivity contribution in [3.8, 4) is 0 Å². The first-order valence-corrected chi connectivity index (χ1v) is 5.51. The number of hydrogen-bond donors (Lipinski definition) is 0. The smallest absolute Gasteiger partial charge is 0.216 e. The molecular formula is C12H11BrO2. The van der Waals surface area contributed by atoms with Gasteiger partial charge in [0.1, 0.15) is 10.2 Å². The van der Waals surface area contributed by atoms with Gasteiger partial charge in [0.25, 0.3) is 0 Å². The molecule has 1 heterocycles. The van der Waals surface area contributed by atoms with Gasteiger partial charge in [-0.25, -0.2) is 0 Å². The molecule has 1 aromatic rings. The molecule has 0 amide bonds. The van der Waals surface area contributed by atoms with Crippen molar-refractivity contribution >= 4 is 27.5 Å². The molecule has 0 bridgehead atoms. The Morgan fingerprint density at radius 3 is 2.27 bits per heavy atom. The molecule has 0 saturated carbocycles. The second-order valence-corrected chi connectivity index (χ2v) is 4.74. The van der Waals surface area contributed by atoms with Crippen LogP contribution in [0, 0.1) is 0 Å². The van der Waals surface area contributed by atoms with Crippen LogP contribution in [0.1, 0.15) is 19.4 Å². The first-order chi connectivity index (χ1) is 7.02. The molecule has 1 aliphatic rings. The number of ether oxygens (including phenoxy) is 1. The number of Topliss-reactive ketones (excluding diaryl/α,β-unsaturated/α-hetero) is 1. The summed E-state index contributed by atoms with van der Waals surface area (Å²) in [5.74, 6) is 0.618. The number of halogens is 1. The lowest BCUT2D eigenvalue weighted by molar-refractivity contribution is -0.125. The van der Waals surface area contributed by atoms with Crippen LogP contribution in [0.25, 0.3) is 5.76 Å². The first kappa shape index (κ1) is 10.4. The van der Waals surface area contributed by atoms with Crippen LogP contribution in [0.5, 0.6) is 0 Å². The molecule has 2 nitrogen and oxygen atoms in total. The molecule has 0 aliphatic carbocycles. The number of hydrogen-bond acceptors (Lipinski definition) is 2. The normalized spacial score (nSPS) is 19.3. The molecule has 0 spiro atoms. The molecule has 0 fully saturated rings. The van der Waals surface area contributed by atoms with Crippen molar-refractivity contribution < 1.29 is 9.53 Å². The Labute approximate surface area is 97.1 Å². The highest BCUT2D eigenvalue weighted by atomic mass is 79.9. The zero-order chi connectivity index (χ0) is 11.1. The van der Waals surface area contributed by atoms with E-state index in [1.807, 2.05) is 30.3 Å². The maximum Gasteiger partial charge on any atom is 0.216 e. The quantitative estimate of drug-likeness (QED) is 0.781. The highest BCUT2D eigenvalue weighted by Gasteiger charge is 2.41. The molecule has 1 aliphatic heterocycles. The third-order valence-corrected chi connectivity index (χ3v) is 3.06. The molecule has 0 atom stereocenters. The van der Waals surface area contributed by atoms with Crippen molar-refractivity contribution in [2.24, 2.45) is 0 Å². The second kappa shape index (κ2) is 3.49. The van der Waals surface area contributed by atoms with Crippen LogP contribution >= 0.6 is 15.9 Å². The summed E-state index contributed by atoms with van der Waals surface area (Å²) in [6.45, 7) is 3.54. The van der Waals surface area contributed by atoms with Crippen LogP contribution < -0.4 is 0 Å². The average molecular weight is 267 g/mol. The molecule has 1 aromatic carbocycles. The van der Waals surface area contributed by atoms with Gasteiger partial charge in [-0.1, -0.05) is 30.3 Å². The number of benzene rings is 1. The van der Waals surface area contributed by atoms with E-state index in [1.165, 1.54) is 0 Å². The molecule has 2 rings (SSSR count). The van der Waals surface area contributed by atoms with Crippen molar-refractivity contribution in [1.29, 1.82) is 0 Å². The lowest BCUT2D eigenvalue weighted by Gasteiger charge is -2.17. The highest BCUT2D eigenvalue weighted by Crippen LogP contribution is 2.38. The summed E-state index contributed by atoms with van der Waals surface area (Å²) < 4.78 is 6.17. The minimum atomic E-state index is -0.760. The standard InChI is InChI=1S/C12H11BrO2/c1-12(2)11(14)9(13)10(15-12)8-6-4-3-5-7-8/h3-7H,1-2H3. The van der Waals surface area contributed by atoms with Gasteiger partial charge in [-0.2, -0.15) is 0 Å². The van der Waals surface area contributed by atoms with Gasteiger partial charge in [-0.05, 0) is 29.8 Å². The summed E-state index contributed by atoms with van der Waals surface area (Å²) >= 11 is 3.29. The van der Waals surface area contributed by atoms with E-state index in [2.05, 4.69) is 15.9 Å². The van der Waals surface area contributed by atoms with Crippen LogP contribution in [0.3, 0.4) is 0 Å². The van der Waals surface area contributed by atoms with Crippen LogP contribution in [-0.2, 0) is 9.53 Å². The Bertz CT molecular complexity index is 432. The fraction of sp³-hybridized carbons (Fsp3) is 0.250. The Morgan fingerprint density at radius 1 is 1.20 bits per heavy atom. The van der Waals surface area contributed by atoms with Gasteiger partial charge in [0, 0.05) is 5.56 Å². The van der Waals surface area contributed by atoms with E-state index in [4.69, 9.17) is 4.74 Å². The lowest BCUT2D eigenvalue weighted by atomic mass is 10.1. The van der Waals surface area contributed by atoms with E-state index in [0.717, 1.165) is 5.56 Å². The van der Waals surface area contributed by atoms with E-state index >= 15 is 0 Å². The van der Waals surface area contributed by atoms with Crippen molar-refractivity contribution in [2.75, 3.05) is 0 Å². The fourth-order valence-corrected chi connectivity index (χ4v) is 2.28. The minimum Gasteiger partial charge on any atom is -0.478 e. The Kier molecular flexibility index (Phi) is 2.43. The van der Waals surface area contributed by atoms with Gasteiger partial charge >= 0.3 is 0 Å². The zero-order valence-electron chi connectivity index (χ0n) is 8.58. The molecule has 0 unspecified atom stereocenters. The molecule has 3 heteroatoms. The number of rotatable bonds is 1. The van der Waals surface area contributed by atoms with E-state index in [-0.39, 0.29) is 5.78 Å². The topological polar surface area (TPSA) is 26.3 Å². The summed E-state index contributed by atoms with van der Waals surface area (Å²) in [6.07, 6.45) is 0. The third-order valence-electron chi connectivity index (χ3n) is 2.34. The molecule has 0 aromatic heterocycles. The predicted octanol–water partition coefficient (Wildman–Crippen LogP) is 3.13. The van der Waals surface area contributed by atoms with Gasteiger partial charge in [-0.3, -0.25) is 4.79 Å². The monoisotopic (exact) mass is 266 g/mol. The molecule has 0 radical (unpaired) electrons. The average Bonchev–Trinajstić information content (AvgIpc) is 2.44. The molecule has 0 saturated heterocycles. The van der Waals surface area contributed by atoms with E-state index < -0.39 is 5.60 Å². The predicted molar refractivity (Wildman–Crippen MR) is 62.5 cm³/mol. The van der Waals surface area contributed by atoms with Crippen molar-refractivity contribution in [1.82, 2.24) is 0 Å². The van der Waals surface area contributed by atoms with Crippen LogP contribution in [0.4, 0.5) is 0 Å². The molecule has 15 heavy (non-hydrogen) atoms. The van der Waals surface area contributed by atoms with Gasteiger partial charge < -0.3 is 4.74 Å². The van der Waals surface area contributed by atoms with E-state index in [1.54, 1.807) is 13.8 Å². The molecule has 78 valence electrons. The molecule has 0 N–H and O–H groups in total. The van der Waals surface area contributed by atoms with Crippen LogP contribution in [0.2, 0.25) is 0 Å². The zero-order valence-corrected chi connectivity index (χ0v) is 10.2. The first-order valence-electron chi connectivity index (χ1n) is 4.71. The van der Waals surface area contributed by atoms with Gasteiger partial charge in [-0.15, -0.1) is 0 Å². The third kappa shape index (κ3) is 1.72. The fourth-order valence-electron chi connectivity index (χ4n) is 1.49. The maximum absolute atomic E-state index is 11.8. The summed E-state index contributed by atoms with van der Waals surface area (Å²) in [5.41, 5.74) is 0.160. The van der Waals surface area contributed by atoms with Crippen molar-refractivity contribution in [2.45, 2.75) is 19.4 Å². The Hall–Kier alpha value is -1.09. The van der Waals surface area contributed by atoms with Crippen molar-refractivity contribution in [3.05, 3.63) is 40.4 Å². The minimum absolute atomic E-state index is 0.0126. The number of ketones is 1. The lowest BCUT2D eigenvalue weighted by Crippen LogP contribution is -2.28. The summed E-state index contributed by atoms with van der Waals surface area (Å²) in [6, 6.07) is 9.61. The van der Waals surface area contributed by atoms with Gasteiger partial charge in [0.2, 0.25) is 5.78 Å². The Morgan fingerprint density at radius 2 is 1.80 bits per heavy atom. The second-order valence-electron chi connectivity index (χ2n) is 3.95.